The van der Waals surface area contributed by atoms with Crippen molar-refractivity contribution in [3.63, 3.8) is 0 Å². The van der Waals surface area contributed by atoms with Crippen LogP contribution in [0.15, 0.2) is 10.6 Å². The molecular formula is C16H23N3O4. The number of ether oxygens (including phenoxy) is 2. The normalized spacial score (nSPS) is 11.3. The number of methoxy groups -OCH3 is 1. The van der Waals surface area contributed by atoms with Crippen LogP contribution in [-0.4, -0.2) is 49.5 Å². The molecule has 0 unspecified atom stereocenters. The summed E-state index contributed by atoms with van der Waals surface area (Å²) in [6.07, 6.45) is 0. The summed E-state index contributed by atoms with van der Waals surface area (Å²) in [5.74, 6) is 0.00896. The lowest BCUT2D eigenvalue weighted by atomic mass is 10.0. The third-order valence-electron chi connectivity index (χ3n) is 3.44. The molecule has 2 rings (SSSR count). The first-order valence-corrected chi connectivity index (χ1v) is 7.66. The summed E-state index contributed by atoms with van der Waals surface area (Å²) < 4.78 is 15.4. The van der Waals surface area contributed by atoms with Gasteiger partial charge in [-0.1, -0.05) is 19.0 Å². The van der Waals surface area contributed by atoms with E-state index in [1.807, 2.05) is 13.8 Å². The van der Waals surface area contributed by atoms with Crippen LogP contribution in [0.3, 0.4) is 0 Å². The molecule has 0 aliphatic carbocycles. The predicted molar refractivity (Wildman–Crippen MR) is 85.7 cm³/mol. The van der Waals surface area contributed by atoms with Gasteiger partial charge in [0.2, 0.25) is 0 Å². The Balaban J connectivity index is 2.11. The van der Waals surface area contributed by atoms with Gasteiger partial charge in [-0.25, -0.2) is 4.98 Å². The molecule has 1 N–H and O–H groups in total. The molecule has 0 radical (unpaired) electrons. The van der Waals surface area contributed by atoms with E-state index in [-0.39, 0.29) is 11.8 Å². The highest BCUT2D eigenvalue weighted by atomic mass is 16.5. The molecule has 0 spiro atoms. The van der Waals surface area contributed by atoms with Crippen LogP contribution < -0.4 is 5.32 Å². The molecule has 2 heterocycles. The van der Waals surface area contributed by atoms with E-state index in [2.05, 4.69) is 15.5 Å². The maximum absolute atomic E-state index is 12.5. The monoisotopic (exact) mass is 321 g/mol. The summed E-state index contributed by atoms with van der Waals surface area (Å²) in [6.45, 7) is 7.74. The minimum absolute atomic E-state index is 0.180. The van der Waals surface area contributed by atoms with Gasteiger partial charge in [0.1, 0.15) is 0 Å². The Labute approximate surface area is 135 Å². The van der Waals surface area contributed by atoms with Gasteiger partial charge in [-0.2, -0.15) is 0 Å². The van der Waals surface area contributed by atoms with Crippen molar-refractivity contribution in [2.24, 2.45) is 0 Å². The van der Waals surface area contributed by atoms with E-state index in [4.69, 9.17) is 14.0 Å². The highest BCUT2D eigenvalue weighted by molar-refractivity contribution is 6.06. The lowest BCUT2D eigenvalue weighted by Gasteiger charge is -2.10. The molecule has 1 amide bonds. The molecular weight excluding hydrogens is 298 g/mol. The zero-order valence-corrected chi connectivity index (χ0v) is 14.0. The molecule has 0 aromatic carbocycles. The first-order valence-electron chi connectivity index (χ1n) is 7.66. The van der Waals surface area contributed by atoms with E-state index in [0.29, 0.717) is 48.7 Å². The SMILES string of the molecule is COCCOCCNC(=O)c1cc(C(C)C)nc2onc(C)c12. The Morgan fingerprint density at radius 2 is 2.13 bits per heavy atom. The highest BCUT2D eigenvalue weighted by Crippen LogP contribution is 2.24. The molecule has 126 valence electrons. The number of nitrogens with zero attached hydrogens (tertiary/aromatic N) is 2. The summed E-state index contributed by atoms with van der Waals surface area (Å²) in [4.78, 5) is 16.9. The second-order valence-corrected chi connectivity index (χ2v) is 5.56. The lowest BCUT2D eigenvalue weighted by molar-refractivity contribution is 0.0693. The van der Waals surface area contributed by atoms with Crippen LogP contribution in [0.1, 0.15) is 41.5 Å². The van der Waals surface area contributed by atoms with Crippen LogP contribution in [0.5, 0.6) is 0 Å². The Morgan fingerprint density at radius 1 is 1.35 bits per heavy atom. The minimum Gasteiger partial charge on any atom is -0.382 e. The second-order valence-electron chi connectivity index (χ2n) is 5.56. The van der Waals surface area contributed by atoms with Gasteiger partial charge in [-0.3, -0.25) is 4.79 Å². The maximum atomic E-state index is 12.5. The molecule has 0 aliphatic heterocycles. The van der Waals surface area contributed by atoms with Crippen molar-refractivity contribution in [3.8, 4) is 0 Å². The Kier molecular flexibility index (Phi) is 6.06. The van der Waals surface area contributed by atoms with Gasteiger partial charge >= 0.3 is 0 Å². The maximum Gasteiger partial charge on any atom is 0.259 e. The molecule has 0 aliphatic rings. The molecule has 0 saturated carbocycles. The standard InChI is InChI=1S/C16H23N3O4/c1-10(2)13-9-12(14-11(3)19-23-16(14)18-13)15(20)17-5-6-22-8-7-21-4/h9-10H,5-8H2,1-4H3,(H,17,20). The summed E-state index contributed by atoms with van der Waals surface area (Å²) in [5.41, 5.74) is 2.39. The van der Waals surface area contributed by atoms with Gasteiger partial charge in [0.15, 0.2) is 0 Å². The van der Waals surface area contributed by atoms with Crippen molar-refractivity contribution >= 4 is 17.0 Å². The van der Waals surface area contributed by atoms with E-state index in [0.717, 1.165) is 5.69 Å². The number of fused-ring (bicyclic) bond motifs is 1. The Bertz CT molecular complexity index is 667. The number of aromatic nitrogens is 2. The van der Waals surface area contributed by atoms with Gasteiger partial charge in [0.05, 0.1) is 36.5 Å². The van der Waals surface area contributed by atoms with Gasteiger partial charge in [-0.15, -0.1) is 0 Å². The van der Waals surface area contributed by atoms with Crippen LogP contribution in [-0.2, 0) is 9.47 Å². The van der Waals surface area contributed by atoms with E-state index >= 15 is 0 Å². The minimum atomic E-state index is -0.180. The fourth-order valence-corrected chi connectivity index (χ4v) is 2.16. The average molecular weight is 321 g/mol. The van der Waals surface area contributed by atoms with Gasteiger partial charge in [0, 0.05) is 19.3 Å². The number of carbonyl (C=O) groups is 1. The number of amides is 1. The van der Waals surface area contributed by atoms with Crippen LogP contribution in [0.4, 0.5) is 0 Å². The third-order valence-corrected chi connectivity index (χ3v) is 3.44. The van der Waals surface area contributed by atoms with Crippen molar-refractivity contribution in [1.29, 1.82) is 0 Å². The largest absolute Gasteiger partial charge is 0.382 e. The molecule has 7 heteroatoms. The van der Waals surface area contributed by atoms with Gasteiger partial charge in [-0.05, 0) is 18.9 Å². The highest BCUT2D eigenvalue weighted by Gasteiger charge is 2.19. The van der Waals surface area contributed by atoms with Crippen LogP contribution in [0.25, 0.3) is 11.1 Å². The quantitative estimate of drug-likeness (QED) is 0.749. The molecule has 2 aromatic rings. The number of rotatable bonds is 8. The number of carbonyl (C=O) groups excluding carboxylic acids is 1. The molecule has 0 atom stereocenters. The Hall–Kier alpha value is -1.99. The summed E-state index contributed by atoms with van der Waals surface area (Å²) >= 11 is 0. The van der Waals surface area contributed by atoms with Crippen molar-refractivity contribution in [1.82, 2.24) is 15.5 Å². The summed E-state index contributed by atoms with van der Waals surface area (Å²) in [7, 11) is 1.62. The fourth-order valence-electron chi connectivity index (χ4n) is 2.16. The lowest BCUT2D eigenvalue weighted by Crippen LogP contribution is -2.28. The second kappa shape index (κ2) is 8.03. The van der Waals surface area contributed by atoms with Crippen molar-refractivity contribution in [3.05, 3.63) is 23.0 Å². The predicted octanol–water partition coefficient (Wildman–Crippen LogP) is 2.05. The Morgan fingerprint density at radius 3 is 2.83 bits per heavy atom. The molecule has 23 heavy (non-hydrogen) atoms. The van der Waals surface area contributed by atoms with Gasteiger partial charge in [0.25, 0.3) is 11.6 Å². The molecule has 0 fully saturated rings. The number of nitrogens with one attached hydrogen (secondary N) is 1. The van der Waals surface area contributed by atoms with Crippen LogP contribution in [0.2, 0.25) is 0 Å². The van der Waals surface area contributed by atoms with E-state index in [1.54, 1.807) is 20.1 Å². The molecule has 7 nitrogen and oxygen atoms in total. The number of aryl methyl sites for hydroxylation is 1. The first-order chi connectivity index (χ1) is 11.0. The van der Waals surface area contributed by atoms with Crippen molar-refractivity contribution in [2.75, 3.05) is 33.5 Å². The number of hydrogen-bond donors (Lipinski definition) is 1. The van der Waals surface area contributed by atoms with Crippen LogP contribution >= 0.6 is 0 Å². The van der Waals surface area contributed by atoms with Crippen LogP contribution in [0, 0.1) is 6.92 Å². The van der Waals surface area contributed by atoms with E-state index in [1.165, 1.54) is 0 Å². The third kappa shape index (κ3) is 4.27. The van der Waals surface area contributed by atoms with E-state index in [9.17, 15) is 4.79 Å². The van der Waals surface area contributed by atoms with Crippen molar-refractivity contribution in [2.45, 2.75) is 26.7 Å². The fraction of sp³-hybridized carbons (Fsp3) is 0.562. The topological polar surface area (TPSA) is 86.5 Å². The molecule has 0 bridgehead atoms. The summed E-state index contributed by atoms with van der Waals surface area (Å²) in [6, 6.07) is 1.80. The smallest absolute Gasteiger partial charge is 0.259 e. The number of pyridine rings is 1. The molecule has 0 saturated heterocycles. The first kappa shape index (κ1) is 17.4. The summed E-state index contributed by atoms with van der Waals surface area (Å²) in [5, 5.41) is 7.42. The zero-order valence-electron chi connectivity index (χ0n) is 14.0. The van der Waals surface area contributed by atoms with Crippen molar-refractivity contribution < 1.29 is 18.8 Å². The molecule has 2 aromatic heterocycles. The zero-order chi connectivity index (χ0) is 16.8. The van der Waals surface area contributed by atoms with Gasteiger partial charge < -0.3 is 19.3 Å². The van der Waals surface area contributed by atoms with E-state index < -0.39 is 0 Å². The average Bonchev–Trinajstić information content (AvgIpc) is 2.91. The number of hydrogen-bond acceptors (Lipinski definition) is 6.